The quantitative estimate of drug-likeness (QED) is 0.800. The smallest absolute Gasteiger partial charge is 0.255 e. The number of nitrogens with one attached hydrogen (secondary N) is 2. The van der Waals surface area contributed by atoms with Crippen molar-refractivity contribution in [1.82, 2.24) is 5.32 Å². The molecule has 0 saturated heterocycles. The molecule has 132 valence electrons. The summed E-state index contributed by atoms with van der Waals surface area (Å²) in [5.41, 5.74) is 1.22. The van der Waals surface area contributed by atoms with Gasteiger partial charge in [0.25, 0.3) is 15.9 Å². The molecule has 2 N–H and O–H groups in total. The van der Waals surface area contributed by atoms with Crippen molar-refractivity contribution >= 4 is 39.3 Å². The van der Waals surface area contributed by atoms with E-state index in [0.29, 0.717) is 5.56 Å². The van der Waals surface area contributed by atoms with Gasteiger partial charge in [0, 0.05) is 11.6 Å². The average Bonchev–Trinajstić information content (AvgIpc) is 2.55. The van der Waals surface area contributed by atoms with E-state index in [0.717, 1.165) is 11.0 Å². The summed E-state index contributed by atoms with van der Waals surface area (Å²) in [5, 5.41) is 4.00. The van der Waals surface area contributed by atoms with Crippen LogP contribution in [0.3, 0.4) is 0 Å². The summed E-state index contributed by atoms with van der Waals surface area (Å²) in [6.45, 7) is 3.68. The maximum absolute atomic E-state index is 12.2. The number of carbonyl (C=O) groups excluding carboxylic acids is 1. The van der Waals surface area contributed by atoms with E-state index in [4.69, 9.17) is 11.6 Å². The molecule has 25 heavy (non-hydrogen) atoms. The molecular weight excluding hydrogens is 360 g/mol. The molecule has 0 aliphatic heterocycles. The highest BCUT2D eigenvalue weighted by Gasteiger charge is 2.13. The molecule has 0 radical (unpaired) electrons. The van der Waals surface area contributed by atoms with E-state index in [1.165, 1.54) is 24.3 Å². The lowest BCUT2D eigenvalue weighted by Gasteiger charge is -2.11. The largest absolute Gasteiger partial charge is 0.350 e. The summed E-state index contributed by atoms with van der Waals surface area (Å²) in [7, 11) is -3.77. The van der Waals surface area contributed by atoms with Crippen LogP contribution in [-0.2, 0) is 10.0 Å². The summed E-state index contributed by atoms with van der Waals surface area (Å²) in [4.78, 5) is 12.0. The molecule has 2 aromatic rings. The van der Waals surface area contributed by atoms with E-state index < -0.39 is 10.0 Å². The van der Waals surface area contributed by atoms with Gasteiger partial charge in [-0.2, -0.15) is 0 Å². The van der Waals surface area contributed by atoms with Crippen LogP contribution in [0.15, 0.2) is 53.9 Å². The molecule has 0 fully saturated rings. The van der Waals surface area contributed by atoms with Gasteiger partial charge in [-0.1, -0.05) is 41.9 Å². The number of hydrogen-bond donors (Lipinski definition) is 2. The first-order chi connectivity index (χ1) is 11.8. The summed E-state index contributed by atoms with van der Waals surface area (Å²) in [6.07, 6.45) is 1.48. The van der Waals surface area contributed by atoms with Crippen LogP contribution < -0.4 is 10.0 Å². The Hall–Kier alpha value is -2.31. The third kappa shape index (κ3) is 5.92. The molecule has 2 rings (SSSR count). The Bertz CT molecular complexity index is 878. The van der Waals surface area contributed by atoms with E-state index in [1.54, 1.807) is 12.1 Å². The fourth-order valence-electron chi connectivity index (χ4n) is 2.01. The van der Waals surface area contributed by atoms with E-state index >= 15 is 0 Å². The van der Waals surface area contributed by atoms with Gasteiger partial charge in [-0.25, -0.2) is 8.42 Å². The van der Waals surface area contributed by atoms with Gasteiger partial charge in [0.1, 0.15) is 0 Å². The Morgan fingerprint density at radius 3 is 2.44 bits per heavy atom. The van der Waals surface area contributed by atoms with Crippen LogP contribution in [0.4, 0.5) is 5.69 Å². The zero-order valence-electron chi connectivity index (χ0n) is 13.9. The molecule has 0 aliphatic carbocycles. The number of anilines is 1. The minimum absolute atomic E-state index is 0.0304. The molecule has 0 unspecified atom stereocenters. The fourth-order valence-corrected chi connectivity index (χ4v) is 3.11. The van der Waals surface area contributed by atoms with Gasteiger partial charge in [-0.15, -0.1) is 0 Å². The molecule has 0 saturated carbocycles. The number of carbonyl (C=O) groups is 1. The third-order valence-electron chi connectivity index (χ3n) is 3.14. The van der Waals surface area contributed by atoms with Crippen LogP contribution in [-0.4, -0.2) is 20.4 Å². The second kappa shape index (κ2) is 8.18. The third-order valence-corrected chi connectivity index (χ3v) is 4.47. The zero-order chi connectivity index (χ0) is 18.4. The van der Waals surface area contributed by atoms with Gasteiger partial charge < -0.3 is 5.32 Å². The monoisotopic (exact) mass is 378 g/mol. The summed E-state index contributed by atoms with van der Waals surface area (Å²) < 4.78 is 26.8. The molecule has 0 bridgehead atoms. The number of rotatable bonds is 6. The number of benzene rings is 2. The van der Waals surface area contributed by atoms with Gasteiger partial charge in [0.05, 0.1) is 16.1 Å². The van der Waals surface area contributed by atoms with Gasteiger partial charge in [0.2, 0.25) is 0 Å². The minimum atomic E-state index is -3.77. The van der Waals surface area contributed by atoms with E-state index in [-0.39, 0.29) is 22.7 Å². The fraction of sp³-hybridized carbons (Fsp3) is 0.167. The van der Waals surface area contributed by atoms with Crippen LogP contribution >= 0.6 is 11.6 Å². The topological polar surface area (TPSA) is 75.3 Å². The molecule has 5 nitrogen and oxygen atoms in total. The Morgan fingerprint density at radius 1 is 1.12 bits per heavy atom. The maximum atomic E-state index is 12.2. The van der Waals surface area contributed by atoms with Gasteiger partial charge in [-0.05, 0) is 43.7 Å². The molecule has 0 heterocycles. The highest BCUT2D eigenvalue weighted by Crippen LogP contribution is 2.24. The number of sulfonamides is 1. The standard InChI is InChI=1S/C18H19ClN2O3S/c1-13(2)20-18(22)15-8-9-16(19)17(12-15)21-25(23,24)11-10-14-6-4-3-5-7-14/h3-13,21H,1-2H3,(H,20,22)/b11-10+. The average molecular weight is 379 g/mol. The van der Waals surface area contributed by atoms with Crippen molar-refractivity contribution in [2.45, 2.75) is 19.9 Å². The number of hydrogen-bond acceptors (Lipinski definition) is 3. The molecule has 0 atom stereocenters. The Morgan fingerprint density at radius 2 is 1.80 bits per heavy atom. The Labute approximate surface area is 152 Å². The predicted molar refractivity (Wildman–Crippen MR) is 102 cm³/mol. The lowest BCUT2D eigenvalue weighted by Crippen LogP contribution is -2.30. The predicted octanol–water partition coefficient (Wildman–Crippen LogP) is 3.89. The van der Waals surface area contributed by atoms with Crippen LogP contribution in [0.5, 0.6) is 0 Å². The van der Waals surface area contributed by atoms with Crippen molar-refractivity contribution in [3.05, 3.63) is 70.1 Å². The molecule has 0 aromatic heterocycles. The van der Waals surface area contributed by atoms with Gasteiger partial charge >= 0.3 is 0 Å². The maximum Gasteiger partial charge on any atom is 0.255 e. The van der Waals surface area contributed by atoms with Gasteiger partial charge in [0.15, 0.2) is 0 Å². The first-order valence-electron chi connectivity index (χ1n) is 7.63. The SMILES string of the molecule is CC(C)NC(=O)c1ccc(Cl)c(NS(=O)(=O)/C=C/c2ccccc2)c1. The number of halogens is 1. The van der Waals surface area contributed by atoms with Gasteiger partial charge in [-0.3, -0.25) is 9.52 Å². The highest BCUT2D eigenvalue weighted by molar-refractivity contribution is 7.95. The molecule has 7 heteroatoms. The van der Waals surface area contributed by atoms with Crippen molar-refractivity contribution in [2.75, 3.05) is 4.72 Å². The second-order valence-corrected chi connectivity index (χ2v) is 7.66. The first kappa shape index (κ1) is 19.0. The van der Waals surface area contributed by atoms with Crippen molar-refractivity contribution in [2.24, 2.45) is 0 Å². The van der Waals surface area contributed by atoms with Crippen molar-refractivity contribution in [3.8, 4) is 0 Å². The molecule has 1 amide bonds. The van der Waals surface area contributed by atoms with E-state index in [1.807, 2.05) is 32.0 Å². The van der Waals surface area contributed by atoms with Crippen LogP contribution in [0.1, 0.15) is 29.8 Å². The van der Waals surface area contributed by atoms with E-state index in [9.17, 15) is 13.2 Å². The van der Waals surface area contributed by atoms with E-state index in [2.05, 4.69) is 10.0 Å². The summed E-state index contributed by atoms with van der Waals surface area (Å²) in [5.74, 6) is -0.299. The van der Waals surface area contributed by atoms with Crippen LogP contribution in [0, 0.1) is 0 Å². The second-order valence-electron chi connectivity index (χ2n) is 5.68. The Kier molecular flexibility index (Phi) is 6.22. The lowest BCUT2D eigenvalue weighted by atomic mass is 10.2. The molecule has 2 aromatic carbocycles. The Balaban J connectivity index is 2.20. The minimum Gasteiger partial charge on any atom is -0.350 e. The zero-order valence-corrected chi connectivity index (χ0v) is 15.4. The highest BCUT2D eigenvalue weighted by atomic mass is 35.5. The molecule has 0 spiro atoms. The first-order valence-corrected chi connectivity index (χ1v) is 9.55. The number of amides is 1. The van der Waals surface area contributed by atoms with Crippen molar-refractivity contribution < 1.29 is 13.2 Å². The van der Waals surface area contributed by atoms with Crippen LogP contribution in [0.2, 0.25) is 5.02 Å². The normalized spacial score (nSPS) is 11.7. The molecule has 0 aliphatic rings. The molecular formula is C18H19ClN2O3S. The summed E-state index contributed by atoms with van der Waals surface area (Å²) in [6, 6.07) is 13.4. The van der Waals surface area contributed by atoms with Crippen molar-refractivity contribution in [3.63, 3.8) is 0 Å². The van der Waals surface area contributed by atoms with Crippen LogP contribution in [0.25, 0.3) is 6.08 Å². The summed E-state index contributed by atoms with van der Waals surface area (Å²) >= 11 is 6.05. The van der Waals surface area contributed by atoms with Crippen molar-refractivity contribution in [1.29, 1.82) is 0 Å². The lowest BCUT2D eigenvalue weighted by molar-refractivity contribution is 0.0943.